The third-order valence-electron chi connectivity index (χ3n) is 5.79. The Labute approximate surface area is 184 Å². The summed E-state index contributed by atoms with van der Waals surface area (Å²) < 4.78 is 0. The number of aromatic amines is 1. The number of nitrogens with one attached hydrogen (secondary N) is 3. The lowest BCUT2D eigenvalue weighted by Crippen LogP contribution is -2.22. The molecule has 31 heavy (non-hydrogen) atoms. The molecule has 0 atom stereocenters. The average Bonchev–Trinajstić information content (AvgIpc) is 3.29. The Morgan fingerprint density at radius 2 is 1.74 bits per heavy atom. The lowest BCUT2D eigenvalue weighted by molar-refractivity contribution is -0.122. The number of imide groups is 1. The SMILES string of the molecule is CNCc1ccc2ccc(Cl)c(C3=C(c4c[nH]c5c(C)cccc45)C(=O)NC3=O)c2c1. The molecule has 1 aliphatic heterocycles. The van der Waals surface area contributed by atoms with E-state index in [9.17, 15) is 9.59 Å². The van der Waals surface area contributed by atoms with Crippen molar-refractivity contribution in [2.45, 2.75) is 13.5 Å². The summed E-state index contributed by atoms with van der Waals surface area (Å²) in [5.41, 5.74) is 4.99. The van der Waals surface area contributed by atoms with Gasteiger partial charge in [-0.05, 0) is 48.0 Å². The van der Waals surface area contributed by atoms with Crippen LogP contribution in [-0.4, -0.2) is 23.8 Å². The molecule has 6 heteroatoms. The van der Waals surface area contributed by atoms with Crippen molar-refractivity contribution >= 4 is 56.2 Å². The normalized spacial score (nSPS) is 14.2. The highest BCUT2D eigenvalue weighted by molar-refractivity contribution is 6.52. The Bertz CT molecular complexity index is 1430. The van der Waals surface area contributed by atoms with Crippen molar-refractivity contribution in [1.29, 1.82) is 0 Å². The molecule has 2 amide bonds. The number of para-hydroxylation sites is 1. The number of carbonyl (C=O) groups excluding carboxylic acids is 2. The summed E-state index contributed by atoms with van der Waals surface area (Å²) in [5.74, 6) is -0.850. The molecule has 0 unspecified atom stereocenters. The lowest BCUT2D eigenvalue weighted by atomic mass is 9.91. The minimum absolute atomic E-state index is 0.310. The Morgan fingerprint density at radius 1 is 0.968 bits per heavy atom. The van der Waals surface area contributed by atoms with Gasteiger partial charge in [-0.25, -0.2) is 0 Å². The maximum atomic E-state index is 13.0. The molecule has 0 saturated carbocycles. The molecule has 0 bridgehead atoms. The summed E-state index contributed by atoms with van der Waals surface area (Å²) in [4.78, 5) is 29.2. The van der Waals surface area contributed by atoms with Gasteiger partial charge in [0, 0.05) is 39.8 Å². The first-order chi connectivity index (χ1) is 15.0. The molecule has 0 spiro atoms. The van der Waals surface area contributed by atoms with Crippen molar-refractivity contribution in [3.8, 4) is 0 Å². The van der Waals surface area contributed by atoms with Gasteiger partial charge in [-0.15, -0.1) is 0 Å². The number of aryl methyl sites for hydroxylation is 1. The van der Waals surface area contributed by atoms with Crippen LogP contribution in [0.2, 0.25) is 5.02 Å². The van der Waals surface area contributed by atoms with E-state index in [1.807, 2.05) is 56.4 Å². The lowest BCUT2D eigenvalue weighted by Gasteiger charge is -2.12. The summed E-state index contributed by atoms with van der Waals surface area (Å²) in [5, 5.41) is 8.74. The van der Waals surface area contributed by atoms with Gasteiger partial charge in [0.05, 0.1) is 11.1 Å². The van der Waals surface area contributed by atoms with Crippen LogP contribution >= 0.6 is 11.6 Å². The van der Waals surface area contributed by atoms with E-state index in [1.165, 1.54) is 0 Å². The summed E-state index contributed by atoms with van der Waals surface area (Å²) in [6.07, 6.45) is 1.79. The van der Waals surface area contributed by atoms with Gasteiger partial charge >= 0.3 is 0 Å². The van der Waals surface area contributed by atoms with Gasteiger partial charge < -0.3 is 10.3 Å². The Balaban J connectivity index is 1.86. The van der Waals surface area contributed by atoms with Crippen molar-refractivity contribution < 1.29 is 9.59 Å². The van der Waals surface area contributed by atoms with E-state index < -0.39 is 11.8 Å². The first-order valence-electron chi connectivity index (χ1n) is 10.0. The van der Waals surface area contributed by atoms with Crippen LogP contribution in [-0.2, 0) is 16.1 Å². The Morgan fingerprint density at radius 3 is 2.55 bits per heavy atom. The highest BCUT2D eigenvalue weighted by Gasteiger charge is 2.35. The number of hydrogen-bond acceptors (Lipinski definition) is 3. The summed E-state index contributed by atoms with van der Waals surface area (Å²) >= 11 is 6.65. The highest BCUT2D eigenvalue weighted by atomic mass is 35.5. The second-order valence-electron chi connectivity index (χ2n) is 7.74. The van der Waals surface area contributed by atoms with Gasteiger partial charge in [0.2, 0.25) is 0 Å². The fraction of sp³-hybridized carbons (Fsp3) is 0.120. The Kier molecular flexibility index (Phi) is 4.65. The molecule has 0 radical (unpaired) electrons. The molecule has 154 valence electrons. The van der Waals surface area contributed by atoms with E-state index in [1.54, 1.807) is 12.3 Å². The highest BCUT2D eigenvalue weighted by Crippen LogP contribution is 2.41. The number of H-pyrrole nitrogens is 1. The molecule has 3 N–H and O–H groups in total. The standard InChI is InChI=1S/C25H20ClN3O2/c1-13-4-3-5-16-18(12-28-23(13)16)21-22(25(31)29-24(21)30)20-17-10-14(11-27-2)6-7-15(17)8-9-19(20)26/h3-10,12,27-28H,11H2,1-2H3,(H,29,30,31). The minimum atomic E-state index is -0.435. The molecule has 5 nitrogen and oxygen atoms in total. The number of fused-ring (bicyclic) bond motifs is 2. The third kappa shape index (κ3) is 3.05. The molecule has 0 fully saturated rings. The van der Waals surface area contributed by atoms with Crippen LogP contribution in [0.1, 0.15) is 22.3 Å². The van der Waals surface area contributed by atoms with Crippen molar-refractivity contribution in [3.63, 3.8) is 0 Å². The second-order valence-corrected chi connectivity index (χ2v) is 8.15. The van der Waals surface area contributed by atoms with Crippen LogP contribution in [0.4, 0.5) is 0 Å². The van der Waals surface area contributed by atoms with Gasteiger partial charge in [-0.2, -0.15) is 0 Å². The fourth-order valence-electron chi connectivity index (χ4n) is 4.37. The zero-order valence-corrected chi connectivity index (χ0v) is 17.9. The average molecular weight is 430 g/mol. The van der Waals surface area contributed by atoms with Gasteiger partial charge in [0.1, 0.15) is 0 Å². The van der Waals surface area contributed by atoms with E-state index in [4.69, 9.17) is 11.6 Å². The van der Waals surface area contributed by atoms with Crippen LogP contribution in [0, 0.1) is 6.92 Å². The van der Waals surface area contributed by atoms with Crippen molar-refractivity contribution in [2.75, 3.05) is 7.05 Å². The van der Waals surface area contributed by atoms with E-state index in [0.29, 0.717) is 33.8 Å². The number of rotatable bonds is 4. The summed E-state index contributed by atoms with van der Waals surface area (Å²) in [6, 6.07) is 15.7. The first-order valence-corrected chi connectivity index (χ1v) is 10.4. The molecule has 3 aromatic carbocycles. The van der Waals surface area contributed by atoms with Crippen LogP contribution in [0.15, 0.2) is 54.7 Å². The maximum Gasteiger partial charge on any atom is 0.259 e. The van der Waals surface area contributed by atoms with E-state index in [-0.39, 0.29) is 0 Å². The molecule has 2 heterocycles. The summed E-state index contributed by atoms with van der Waals surface area (Å²) in [7, 11) is 1.88. The predicted molar refractivity (Wildman–Crippen MR) is 125 cm³/mol. The van der Waals surface area contributed by atoms with Gasteiger partial charge in [-0.1, -0.05) is 48.0 Å². The van der Waals surface area contributed by atoms with E-state index >= 15 is 0 Å². The molecule has 0 aliphatic carbocycles. The largest absolute Gasteiger partial charge is 0.360 e. The van der Waals surface area contributed by atoms with Crippen LogP contribution in [0.5, 0.6) is 0 Å². The van der Waals surface area contributed by atoms with E-state index in [2.05, 4.69) is 15.6 Å². The van der Waals surface area contributed by atoms with Gasteiger partial charge in [-0.3, -0.25) is 14.9 Å². The van der Waals surface area contributed by atoms with Crippen molar-refractivity contribution in [3.05, 3.63) is 82.0 Å². The zero-order chi connectivity index (χ0) is 21.7. The second kappa shape index (κ2) is 7.38. The van der Waals surface area contributed by atoms with Crippen LogP contribution in [0.25, 0.3) is 32.8 Å². The summed E-state index contributed by atoms with van der Waals surface area (Å²) in [6.45, 7) is 2.68. The number of amides is 2. The molecule has 5 rings (SSSR count). The quantitative estimate of drug-likeness (QED) is 0.416. The number of aromatic nitrogens is 1. The zero-order valence-electron chi connectivity index (χ0n) is 17.1. The number of benzene rings is 3. The number of carbonyl (C=O) groups is 2. The molecule has 0 saturated heterocycles. The van der Waals surface area contributed by atoms with Crippen molar-refractivity contribution in [2.24, 2.45) is 0 Å². The number of halogens is 1. The molecular weight excluding hydrogens is 410 g/mol. The van der Waals surface area contributed by atoms with E-state index in [0.717, 1.165) is 32.8 Å². The fourth-order valence-corrected chi connectivity index (χ4v) is 4.63. The smallest absolute Gasteiger partial charge is 0.259 e. The van der Waals surface area contributed by atoms with Gasteiger partial charge in [0.15, 0.2) is 0 Å². The molecule has 1 aromatic heterocycles. The Hall–Kier alpha value is -3.41. The molecule has 1 aliphatic rings. The molecule has 4 aromatic rings. The van der Waals surface area contributed by atoms with Crippen LogP contribution < -0.4 is 10.6 Å². The first kappa shape index (κ1) is 19.5. The van der Waals surface area contributed by atoms with Crippen molar-refractivity contribution in [1.82, 2.24) is 15.6 Å². The minimum Gasteiger partial charge on any atom is -0.360 e. The molecular formula is C25H20ClN3O2. The predicted octanol–water partition coefficient (Wildman–Crippen LogP) is 4.57. The monoisotopic (exact) mass is 429 g/mol. The number of hydrogen-bond donors (Lipinski definition) is 3. The van der Waals surface area contributed by atoms with Gasteiger partial charge in [0.25, 0.3) is 11.8 Å². The third-order valence-corrected chi connectivity index (χ3v) is 6.11. The topological polar surface area (TPSA) is 74.0 Å². The maximum absolute atomic E-state index is 13.0. The van der Waals surface area contributed by atoms with Crippen LogP contribution in [0.3, 0.4) is 0 Å².